The van der Waals surface area contributed by atoms with Gasteiger partial charge in [0, 0.05) is 22.8 Å². The SMILES string of the molecule is CCc1c2n(c3c1=CC=CCC=3)CCCC2. The maximum atomic E-state index is 2.57. The van der Waals surface area contributed by atoms with Gasteiger partial charge in [-0.2, -0.15) is 0 Å². The molecule has 0 radical (unpaired) electrons. The molecule has 1 aliphatic heterocycles. The van der Waals surface area contributed by atoms with Gasteiger partial charge in [0.2, 0.25) is 0 Å². The summed E-state index contributed by atoms with van der Waals surface area (Å²) in [5.74, 6) is 0. The second-order valence-electron chi connectivity index (χ2n) is 4.72. The zero-order valence-corrected chi connectivity index (χ0v) is 10.00. The molecule has 0 spiro atoms. The smallest absolute Gasteiger partial charge is 0.0448 e. The third kappa shape index (κ3) is 1.38. The highest BCUT2D eigenvalue weighted by atomic mass is 15.0. The van der Waals surface area contributed by atoms with Crippen molar-refractivity contribution in [3.05, 3.63) is 34.0 Å². The van der Waals surface area contributed by atoms with Gasteiger partial charge in [0.05, 0.1) is 0 Å². The van der Waals surface area contributed by atoms with Crippen LogP contribution in [0.15, 0.2) is 12.2 Å². The summed E-state index contributed by atoms with van der Waals surface area (Å²) in [5, 5.41) is 2.98. The summed E-state index contributed by atoms with van der Waals surface area (Å²) in [6.45, 7) is 3.51. The molecule has 16 heavy (non-hydrogen) atoms. The van der Waals surface area contributed by atoms with Gasteiger partial charge < -0.3 is 4.57 Å². The molecule has 2 heterocycles. The Morgan fingerprint density at radius 2 is 2.25 bits per heavy atom. The lowest BCUT2D eigenvalue weighted by Gasteiger charge is -2.16. The van der Waals surface area contributed by atoms with Crippen LogP contribution < -0.4 is 10.6 Å². The van der Waals surface area contributed by atoms with Gasteiger partial charge in [-0.25, -0.2) is 0 Å². The second-order valence-corrected chi connectivity index (χ2v) is 4.72. The molecule has 0 saturated carbocycles. The van der Waals surface area contributed by atoms with Crippen molar-refractivity contribution in [3.63, 3.8) is 0 Å². The van der Waals surface area contributed by atoms with E-state index in [0.717, 1.165) is 6.42 Å². The largest absolute Gasteiger partial charge is 0.345 e. The van der Waals surface area contributed by atoms with Gasteiger partial charge in [-0.1, -0.05) is 31.2 Å². The maximum Gasteiger partial charge on any atom is 0.0448 e. The Balaban J connectivity index is 2.37. The van der Waals surface area contributed by atoms with Crippen LogP contribution >= 0.6 is 0 Å². The van der Waals surface area contributed by atoms with Crippen molar-refractivity contribution < 1.29 is 0 Å². The Labute approximate surface area is 96.8 Å². The summed E-state index contributed by atoms with van der Waals surface area (Å²) in [4.78, 5) is 0. The summed E-state index contributed by atoms with van der Waals surface area (Å²) >= 11 is 0. The number of aromatic nitrogens is 1. The summed E-state index contributed by atoms with van der Waals surface area (Å²) in [7, 11) is 0. The monoisotopic (exact) mass is 213 g/mol. The van der Waals surface area contributed by atoms with Crippen LogP contribution in [-0.2, 0) is 19.4 Å². The first kappa shape index (κ1) is 9.95. The molecule has 0 N–H and O–H groups in total. The molecule has 0 atom stereocenters. The number of nitrogens with zero attached hydrogens (tertiary/aromatic N) is 1. The van der Waals surface area contributed by atoms with Crippen molar-refractivity contribution in [1.29, 1.82) is 0 Å². The van der Waals surface area contributed by atoms with E-state index < -0.39 is 0 Å². The minimum absolute atomic E-state index is 1.08. The Bertz CT molecular complexity index is 543. The highest BCUT2D eigenvalue weighted by molar-refractivity contribution is 5.48. The van der Waals surface area contributed by atoms with E-state index in [1.54, 1.807) is 11.3 Å². The van der Waals surface area contributed by atoms with Gasteiger partial charge in [0.25, 0.3) is 0 Å². The quantitative estimate of drug-likeness (QED) is 0.671. The average molecular weight is 213 g/mol. The number of hydrogen-bond donors (Lipinski definition) is 0. The first-order valence-corrected chi connectivity index (χ1v) is 6.49. The van der Waals surface area contributed by atoms with Crippen LogP contribution in [-0.4, -0.2) is 4.57 Å². The van der Waals surface area contributed by atoms with Gasteiger partial charge >= 0.3 is 0 Å². The normalized spacial score (nSPS) is 18.1. The van der Waals surface area contributed by atoms with Crippen molar-refractivity contribution in [2.75, 3.05) is 0 Å². The van der Waals surface area contributed by atoms with Gasteiger partial charge in [0.15, 0.2) is 0 Å². The van der Waals surface area contributed by atoms with E-state index in [0.29, 0.717) is 0 Å². The molecule has 0 aromatic carbocycles. The lowest BCUT2D eigenvalue weighted by molar-refractivity contribution is 0.520. The zero-order valence-electron chi connectivity index (χ0n) is 10.00. The highest BCUT2D eigenvalue weighted by Gasteiger charge is 2.16. The molecule has 1 aromatic heterocycles. The molecule has 0 amide bonds. The number of hydrogen-bond acceptors (Lipinski definition) is 0. The minimum Gasteiger partial charge on any atom is -0.345 e. The van der Waals surface area contributed by atoms with Gasteiger partial charge in [-0.3, -0.25) is 0 Å². The first-order valence-electron chi connectivity index (χ1n) is 6.49. The standard InChI is InChI=1S/C15H19N/c1-2-12-13-8-4-3-5-9-15(13)16-11-7-6-10-14(12)16/h3-4,8-9H,2,5-7,10-11H2,1H3. The molecule has 1 aliphatic carbocycles. The van der Waals surface area contributed by atoms with Gasteiger partial charge in [-0.05, 0) is 37.7 Å². The summed E-state index contributed by atoms with van der Waals surface area (Å²) in [6, 6.07) is 0. The van der Waals surface area contributed by atoms with E-state index in [4.69, 9.17) is 0 Å². The van der Waals surface area contributed by atoms with Crippen LogP contribution in [0.2, 0.25) is 0 Å². The van der Waals surface area contributed by atoms with Crippen LogP contribution in [0.4, 0.5) is 0 Å². The molecule has 0 unspecified atom stereocenters. The molecule has 1 aromatic rings. The van der Waals surface area contributed by atoms with Crippen LogP contribution in [0.25, 0.3) is 12.2 Å². The van der Waals surface area contributed by atoms with E-state index in [2.05, 4.69) is 35.8 Å². The van der Waals surface area contributed by atoms with E-state index >= 15 is 0 Å². The van der Waals surface area contributed by atoms with Crippen molar-refractivity contribution in [3.8, 4) is 0 Å². The lowest BCUT2D eigenvalue weighted by Crippen LogP contribution is -2.31. The van der Waals surface area contributed by atoms with Crippen LogP contribution in [0.3, 0.4) is 0 Å². The first-order chi connectivity index (χ1) is 7.92. The molecule has 0 fully saturated rings. The van der Waals surface area contributed by atoms with Crippen molar-refractivity contribution in [1.82, 2.24) is 4.57 Å². The predicted molar refractivity (Wildman–Crippen MR) is 68.7 cm³/mol. The predicted octanol–water partition coefficient (Wildman–Crippen LogP) is 1.91. The zero-order chi connectivity index (χ0) is 11.0. The summed E-state index contributed by atoms with van der Waals surface area (Å²) in [6.07, 6.45) is 15.4. The molecule has 2 aliphatic rings. The topological polar surface area (TPSA) is 4.93 Å². The fourth-order valence-corrected chi connectivity index (χ4v) is 3.09. The van der Waals surface area contributed by atoms with E-state index in [-0.39, 0.29) is 0 Å². The lowest BCUT2D eigenvalue weighted by atomic mass is 10.0. The summed E-state index contributed by atoms with van der Waals surface area (Å²) in [5.41, 5.74) is 3.21. The Morgan fingerprint density at radius 3 is 3.12 bits per heavy atom. The molecular weight excluding hydrogens is 194 g/mol. The Kier molecular flexibility index (Phi) is 2.47. The van der Waals surface area contributed by atoms with E-state index in [9.17, 15) is 0 Å². The molecule has 84 valence electrons. The van der Waals surface area contributed by atoms with Gasteiger partial charge in [0.1, 0.15) is 0 Å². The fraction of sp³-hybridized carbons (Fsp3) is 0.467. The van der Waals surface area contributed by atoms with Crippen LogP contribution in [0, 0.1) is 0 Å². The van der Waals surface area contributed by atoms with Crippen molar-refractivity contribution >= 4 is 12.2 Å². The molecule has 0 bridgehead atoms. The van der Waals surface area contributed by atoms with Crippen molar-refractivity contribution in [2.24, 2.45) is 0 Å². The molecule has 3 rings (SSSR count). The molecule has 1 nitrogen and oxygen atoms in total. The van der Waals surface area contributed by atoms with Crippen LogP contribution in [0.1, 0.15) is 37.4 Å². The Morgan fingerprint density at radius 1 is 1.31 bits per heavy atom. The summed E-state index contributed by atoms with van der Waals surface area (Å²) < 4.78 is 2.57. The van der Waals surface area contributed by atoms with E-state index in [1.165, 1.54) is 42.8 Å². The fourth-order valence-electron chi connectivity index (χ4n) is 3.09. The van der Waals surface area contributed by atoms with Gasteiger partial charge in [-0.15, -0.1) is 0 Å². The van der Waals surface area contributed by atoms with E-state index in [1.807, 2.05) is 0 Å². The third-order valence-electron chi connectivity index (χ3n) is 3.81. The minimum atomic E-state index is 1.08. The second kappa shape index (κ2) is 3.97. The number of fused-ring (bicyclic) bond motifs is 3. The maximum absolute atomic E-state index is 2.57. The average Bonchev–Trinajstić information content (AvgIpc) is 2.49. The Hall–Kier alpha value is -1.24. The molecular formula is C15H19N. The number of rotatable bonds is 1. The highest BCUT2D eigenvalue weighted by Crippen LogP contribution is 2.15. The molecule has 0 saturated heterocycles. The number of allylic oxidation sites excluding steroid dienone is 2. The van der Waals surface area contributed by atoms with Crippen LogP contribution in [0.5, 0.6) is 0 Å². The molecule has 1 heteroatoms. The third-order valence-corrected chi connectivity index (χ3v) is 3.81. The van der Waals surface area contributed by atoms with Crippen molar-refractivity contribution in [2.45, 2.75) is 45.6 Å².